The van der Waals surface area contributed by atoms with Crippen LogP contribution in [-0.4, -0.2) is 80.4 Å². The predicted octanol–water partition coefficient (Wildman–Crippen LogP) is 9.83. The number of rotatable bonds is 22. The minimum Gasteiger partial charge on any atom is -0.409 e. The van der Waals surface area contributed by atoms with Gasteiger partial charge in [0.1, 0.15) is 30.5 Å². The summed E-state index contributed by atoms with van der Waals surface area (Å²) in [6, 6.07) is 11.2. The minimum absolute atomic E-state index is 0. The molecular weight excluding hydrogens is 708 g/mol. The minimum atomic E-state index is -2.09. The van der Waals surface area contributed by atoms with Crippen LogP contribution in [0.25, 0.3) is 0 Å². The quantitative estimate of drug-likeness (QED) is 0.0502. The van der Waals surface area contributed by atoms with Crippen molar-refractivity contribution in [3.8, 4) is 6.07 Å². The second kappa shape index (κ2) is 30.4. The second-order valence-corrected chi connectivity index (χ2v) is 26.9. The Morgan fingerprint density at radius 2 is 0.979 bits per heavy atom. The van der Waals surface area contributed by atoms with Gasteiger partial charge >= 0.3 is 16.5 Å². The predicted molar refractivity (Wildman–Crippen MR) is 204 cm³/mol. The fraction of sp³-hybridized carbons (Fsp3) is 0.912. The molecule has 0 saturated carbocycles. The van der Waals surface area contributed by atoms with E-state index in [0.717, 1.165) is 67.2 Å². The van der Waals surface area contributed by atoms with Gasteiger partial charge in [-0.15, -0.1) is 0 Å². The van der Waals surface area contributed by atoms with Gasteiger partial charge in [0.05, 0.1) is 32.3 Å². The average Bonchev–Trinajstić information content (AvgIpc) is 3.08. The Morgan fingerprint density at radius 1 is 0.638 bits per heavy atom. The first-order valence-electron chi connectivity index (χ1n) is 18.3. The largest absolute Gasteiger partial charge is 2.00 e. The molecule has 1 rings (SSSR count). The van der Waals surface area contributed by atoms with E-state index >= 15 is 0 Å². The third kappa shape index (κ3) is 17.7. The van der Waals surface area contributed by atoms with Crippen molar-refractivity contribution in [1.29, 1.82) is 5.26 Å². The SMILES string of the molecule is CC[Si](CC)(CC)O[C@H]1[C@H](O[Si](CC)(CC)CC)[C@@H](O[Si](CC)(CC)CC)C(COPOCCC#N)O[C@@H]1CO.[CH2-]CC.[CH2-]CC.[Ni+2]. The number of aliphatic hydroxyl groups is 1. The molecule has 0 radical (unpaired) electrons. The molecule has 1 aliphatic heterocycles. The summed E-state index contributed by atoms with van der Waals surface area (Å²) in [5.74, 6) is 0. The van der Waals surface area contributed by atoms with Crippen LogP contribution < -0.4 is 0 Å². The van der Waals surface area contributed by atoms with Crippen LogP contribution in [0.5, 0.6) is 0 Å². The molecule has 1 aliphatic rings. The van der Waals surface area contributed by atoms with Gasteiger partial charge in [0.2, 0.25) is 0 Å². The fourth-order valence-electron chi connectivity index (χ4n) is 5.85. The molecule has 1 N–H and O–H groups in total. The molecular formula is C34H74NNiO7PSi3. The Kier molecular flexibility index (Phi) is 33.7. The Hall–Kier alpha value is 0.784. The van der Waals surface area contributed by atoms with Gasteiger partial charge in [-0.25, -0.2) is 0 Å². The zero-order valence-electron chi connectivity index (χ0n) is 32.1. The number of nitriles is 1. The molecule has 284 valence electrons. The average molecular weight is 783 g/mol. The van der Waals surface area contributed by atoms with Gasteiger partial charge in [-0.05, 0) is 54.4 Å². The molecule has 0 aliphatic carbocycles. The monoisotopic (exact) mass is 781 g/mol. The van der Waals surface area contributed by atoms with Crippen molar-refractivity contribution in [3.63, 3.8) is 0 Å². The van der Waals surface area contributed by atoms with E-state index in [9.17, 15) is 5.11 Å². The molecule has 1 heterocycles. The summed E-state index contributed by atoms with van der Waals surface area (Å²) in [7, 11) is -6.42. The summed E-state index contributed by atoms with van der Waals surface area (Å²) in [5.41, 5.74) is 0. The smallest absolute Gasteiger partial charge is 0.409 e. The molecule has 0 spiro atoms. The van der Waals surface area contributed by atoms with Crippen molar-refractivity contribution >= 4 is 34.0 Å². The third-order valence-corrected chi connectivity index (χ3v) is 24.1. The van der Waals surface area contributed by atoms with Crippen LogP contribution in [0.2, 0.25) is 54.4 Å². The first kappa shape index (κ1) is 52.1. The molecule has 0 aromatic carbocycles. The van der Waals surface area contributed by atoms with Crippen LogP contribution >= 0.6 is 9.03 Å². The summed E-state index contributed by atoms with van der Waals surface area (Å²) >= 11 is 0. The van der Waals surface area contributed by atoms with E-state index in [-0.39, 0.29) is 57.1 Å². The van der Waals surface area contributed by atoms with E-state index in [1.807, 2.05) is 13.8 Å². The van der Waals surface area contributed by atoms with Crippen LogP contribution in [0, 0.1) is 25.2 Å². The van der Waals surface area contributed by atoms with Gasteiger partial charge in [-0.2, -0.15) is 18.1 Å². The van der Waals surface area contributed by atoms with E-state index in [0.29, 0.717) is 13.0 Å². The zero-order valence-corrected chi connectivity index (χ0v) is 37.1. The van der Waals surface area contributed by atoms with Crippen molar-refractivity contribution in [3.05, 3.63) is 13.8 Å². The maximum absolute atomic E-state index is 10.6. The standard InChI is InChI=1S/C28H60NO7PSi3.2C3H7.Ni/c1-10-38(11-2,12-3)34-26-24(22-30)33-25(23-32-37-31-21-19-20-29)27(35-39(13-4,14-5)15-6)28(26)36-40(16-7,17-8)18-9;2*1-3-2;/h24-28,30,37H,10-19,21-23H2,1-9H3;2*1,3H2,2H3;/q;2*-1;+2/t24-,25?,26-,27+,28+;;;/m1.../s1. The molecule has 0 amide bonds. The topological polar surface area (TPSA) is 99.4 Å². The summed E-state index contributed by atoms with van der Waals surface area (Å²) in [6.45, 7) is 31.6. The Bertz CT molecular complexity index is 733. The zero-order chi connectivity index (χ0) is 35.7. The van der Waals surface area contributed by atoms with Crippen molar-refractivity contribution in [1.82, 2.24) is 0 Å². The Balaban J connectivity index is -0.00000255. The summed E-state index contributed by atoms with van der Waals surface area (Å²) in [4.78, 5) is 0. The number of ether oxygens (including phenoxy) is 1. The van der Waals surface area contributed by atoms with E-state index in [1.54, 1.807) is 0 Å². The molecule has 2 unspecified atom stereocenters. The molecule has 0 aromatic rings. The van der Waals surface area contributed by atoms with Gasteiger partial charge < -0.3 is 46.0 Å². The Morgan fingerprint density at radius 3 is 1.30 bits per heavy atom. The normalized spacial score (nSPS) is 21.7. The van der Waals surface area contributed by atoms with Crippen LogP contribution in [0.3, 0.4) is 0 Å². The molecule has 0 aromatic heterocycles. The molecule has 8 nitrogen and oxygen atoms in total. The van der Waals surface area contributed by atoms with Crippen LogP contribution in [0.15, 0.2) is 0 Å². The Labute approximate surface area is 306 Å². The number of hydrogen-bond acceptors (Lipinski definition) is 8. The maximum atomic E-state index is 10.6. The van der Waals surface area contributed by atoms with Crippen LogP contribution in [0.1, 0.15) is 95.4 Å². The molecule has 1 fully saturated rings. The van der Waals surface area contributed by atoms with Crippen molar-refractivity contribution < 1.29 is 48.7 Å². The first-order chi connectivity index (χ1) is 22.0. The number of hydrogen-bond donors (Lipinski definition) is 1. The summed E-state index contributed by atoms with van der Waals surface area (Å²) < 4.78 is 39.9. The molecule has 0 bridgehead atoms. The van der Waals surface area contributed by atoms with E-state index in [2.05, 4.69) is 82.2 Å². The van der Waals surface area contributed by atoms with Crippen LogP contribution in [0.4, 0.5) is 0 Å². The molecule has 47 heavy (non-hydrogen) atoms. The first-order valence-corrected chi connectivity index (χ1v) is 26.7. The summed E-state index contributed by atoms with van der Waals surface area (Å²) in [5, 5.41) is 19.4. The van der Waals surface area contributed by atoms with Crippen LogP contribution in [-0.2, 0) is 43.6 Å². The van der Waals surface area contributed by atoms with Gasteiger partial charge in [0, 0.05) is 0 Å². The van der Waals surface area contributed by atoms with Gasteiger partial charge in [-0.3, -0.25) is 0 Å². The van der Waals surface area contributed by atoms with Gasteiger partial charge in [-0.1, -0.05) is 76.2 Å². The summed E-state index contributed by atoms with van der Waals surface area (Å²) in [6.07, 6.45) is 0.330. The van der Waals surface area contributed by atoms with Gasteiger partial charge in [0.15, 0.2) is 34.0 Å². The van der Waals surface area contributed by atoms with Crippen molar-refractivity contribution in [2.45, 2.75) is 180 Å². The van der Waals surface area contributed by atoms with Gasteiger partial charge in [0.25, 0.3) is 0 Å². The van der Waals surface area contributed by atoms with Crippen molar-refractivity contribution in [2.24, 2.45) is 0 Å². The molecule has 13 heteroatoms. The molecule has 1 saturated heterocycles. The molecule has 6 atom stereocenters. The van der Waals surface area contributed by atoms with E-state index in [1.165, 1.54) is 0 Å². The number of aliphatic hydroxyl groups excluding tert-OH is 1. The third-order valence-electron chi connectivity index (χ3n) is 9.55. The second-order valence-electron chi connectivity index (χ2n) is 12.0. The van der Waals surface area contributed by atoms with Crippen molar-refractivity contribution in [2.75, 3.05) is 19.8 Å². The van der Waals surface area contributed by atoms with E-state index < -0.39 is 37.2 Å². The van der Waals surface area contributed by atoms with E-state index in [4.69, 9.17) is 32.3 Å². The number of nitrogens with zero attached hydrogens (tertiary/aromatic N) is 1. The fourth-order valence-corrected chi connectivity index (χ4v) is 14.9. The maximum Gasteiger partial charge on any atom is 2.00 e.